The Kier molecular flexibility index (Phi) is 6.21. The summed E-state index contributed by atoms with van der Waals surface area (Å²) >= 11 is 0. The van der Waals surface area contributed by atoms with Gasteiger partial charge in [0.25, 0.3) is 0 Å². The van der Waals surface area contributed by atoms with E-state index in [-0.39, 0.29) is 12.6 Å². The van der Waals surface area contributed by atoms with E-state index in [0.29, 0.717) is 34.4 Å². The summed E-state index contributed by atoms with van der Waals surface area (Å²) < 4.78 is 22.7. The maximum Gasteiger partial charge on any atom is 0.407 e. The number of hydrogen-bond acceptors (Lipinski definition) is 7. The number of ether oxygens (including phenoxy) is 3. The van der Waals surface area contributed by atoms with E-state index in [1.807, 2.05) is 52.0 Å². The van der Waals surface area contributed by atoms with Gasteiger partial charge in [-0.2, -0.15) is 0 Å². The Morgan fingerprint density at radius 2 is 1.97 bits per heavy atom. The fourth-order valence-electron chi connectivity index (χ4n) is 2.97. The number of oxazole rings is 1. The van der Waals surface area contributed by atoms with Crippen LogP contribution in [0.15, 0.2) is 40.9 Å². The smallest absolute Gasteiger partial charge is 0.407 e. The number of amides is 1. The fraction of sp³-hybridized carbons (Fsp3) is 0.458. The van der Waals surface area contributed by atoms with Crippen molar-refractivity contribution in [1.82, 2.24) is 15.3 Å². The van der Waals surface area contributed by atoms with Crippen molar-refractivity contribution in [3.05, 3.63) is 36.5 Å². The number of nitrogens with zero attached hydrogens (tertiary/aromatic N) is 2. The standard InChI is InChI=1S/C24H29N3O5/c1-15(26-23(28)32-24(2,3)4)13-29-17-7-9-19-21(11-17)31-22(27-19)20-10-8-18(12-25-20)30-14-16-5-6-16/h7-12,15-16H,5-6,13-14H2,1-4H3,(H,26,28)/t15-/m0/s1. The number of rotatable bonds is 8. The highest BCUT2D eigenvalue weighted by Gasteiger charge is 2.22. The van der Waals surface area contributed by atoms with Crippen molar-refractivity contribution in [3.8, 4) is 23.1 Å². The predicted octanol–water partition coefficient (Wildman–Crippen LogP) is 4.97. The van der Waals surface area contributed by atoms with Gasteiger partial charge in [0.1, 0.15) is 34.9 Å². The first-order chi connectivity index (χ1) is 15.2. The zero-order chi connectivity index (χ0) is 22.7. The molecule has 0 bridgehead atoms. The Hall–Kier alpha value is -3.29. The van der Waals surface area contributed by atoms with Crippen LogP contribution in [0.5, 0.6) is 11.5 Å². The second-order valence-electron chi connectivity index (χ2n) is 9.14. The molecule has 0 spiro atoms. The molecule has 0 saturated heterocycles. The van der Waals surface area contributed by atoms with Gasteiger partial charge in [-0.3, -0.25) is 0 Å². The topological polar surface area (TPSA) is 95.7 Å². The molecule has 1 amide bonds. The van der Waals surface area contributed by atoms with Crippen LogP contribution in [0.3, 0.4) is 0 Å². The first-order valence-electron chi connectivity index (χ1n) is 10.9. The van der Waals surface area contributed by atoms with E-state index in [1.54, 1.807) is 12.3 Å². The van der Waals surface area contributed by atoms with Crippen LogP contribution in [-0.2, 0) is 4.74 Å². The number of aromatic nitrogens is 2. The quantitative estimate of drug-likeness (QED) is 0.529. The van der Waals surface area contributed by atoms with Gasteiger partial charge >= 0.3 is 6.09 Å². The van der Waals surface area contributed by atoms with Gasteiger partial charge in [0.2, 0.25) is 5.89 Å². The molecule has 0 unspecified atom stereocenters. The first-order valence-corrected chi connectivity index (χ1v) is 10.9. The second kappa shape index (κ2) is 9.06. The highest BCUT2D eigenvalue weighted by Crippen LogP contribution is 2.30. The molecule has 1 N–H and O–H groups in total. The summed E-state index contributed by atoms with van der Waals surface area (Å²) in [6.07, 6.45) is 3.72. The number of benzene rings is 1. The summed E-state index contributed by atoms with van der Waals surface area (Å²) in [4.78, 5) is 20.8. The third kappa shape index (κ3) is 6.12. The molecule has 32 heavy (non-hydrogen) atoms. The average Bonchev–Trinajstić information content (AvgIpc) is 3.46. The molecular formula is C24H29N3O5. The Balaban J connectivity index is 1.34. The molecular weight excluding hydrogens is 410 g/mol. The molecule has 0 radical (unpaired) electrons. The van der Waals surface area contributed by atoms with Gasteiger partial charge < -0.3 is 23.9 Å². The van der Waals surface area contributed by atoms with Crippen LogP contribution in [0.2, 0.25) is 0 Å². The predicted molar refractivity (Wildman–Crippen MR) is 120 cm³/mol. The molecule has 4 rings (SSSR count). The lowest BCUT2D eigenvalue weighted by atomic mass is 10.2. The number of nitrogens with one attached hydrogen (secondary N) is 1. The van der Waals surface area contributed by atoms with E-state index in [4.69, 9.17) is 18.6 Å². The summed E-state index contributed by atoms with van der Waals surface area (Å²) in [6.45, 7) is 8.34. The largest absolute Gasteiger partial charge is 0.492 e. The van der Waals surface area contributed by atoms with Crippen LogP contribution in [-0.4, -0.2) is 40.9 Å². The number of carbonyl (C=O) groups is 1. The van der Waals surface area contributed by atoms with Gasteiger partial charge in [-0.1, -0.05) is 0 Å². The Labute approximate surface area is 187 Å². The molecule has 1 aliphatic carbocycles. The maximum absolute atomic E-state index is 11.9. The molecule has 1 aliphatic rings. The van der Waals surface area contributed by atoms with E-state index < -0.39 is 11.7 Å². The van der Waals surface area contributed by atoms with E-state index >= 15 is 0 Å². The van der Waals surface area contributed by atoms with Crippen molar-refractivity contribution < 1.29 is 23.4 Å². The molecule has 2 aromatic heterocycles. The average molecular weight is 440 g/mol. The summed E-state index contributed by atoms with van der Waals surface area (Å²) in [5.74, 6) is 2.50. The van der Waals surface area contributed by atoms with Crippen molar-refractivity contribution in [2.24, 2.45) is 5.92 Å². The molecule has 1 atom stereocenters. The van der Waals surface area contributed by atoms with Crippen LogP contribution in [0.25, 0.3) is 22.7 Å². The number of fused-ring (bicyclic) bond motifs is 1. The summed E-state index contributed by atoms with van der Waals surface area (Å²) in [6, 6.07) is 8.92. The second-order valence-corrected chi connectivity index (χ2v) is 9.14. The lowest BCUT2D eigenvalue weighted by Crippen LogP contribution is -2.40. The van der Waals surface area contributed by atoms with E-state index in [2.05, 4.69) is 15.3 Å². The third-order valence-corrected chi connectivity index (χ3v) is 4.76. The molecule has 1 fully saturated rings. The fourth-order valence-corrected chi connectivity index (χ4v) is 2.97. The van der Waals surface area contributed by atoms with Crippen LogP contribution in [0.4, 0.5) is 4.79 Å². The monoisotopic (exact) mass is 439 g/mol. The highest BCUT2D eigenvalue weighted by atomic mass is 16.6. The summed E-state index contributed by atoms with van der Waals surface area (Å²) in [5, 5.41) is 2.75. The molecule has 8 nitrogen and oxygen atoms in total. The van der Waals surface area contributed by atoms with Crippen LogP contribution >= 0.6 is 0 Å². The first kappa shape index (κ1) is 21.9. The van der Waals surface area contributed by atoms with Gasteiger partial charge in [-0.05, 0) is 70.7 Å². The highest BCUT2D eigenvalue weighted by molar-refractivity contribution is 5.77. The number of hydrogen-bond donors (Lipinski definition) is 1. The number of pyridine rings is 1. The minimum Gasteiger partial charge on any atom is -0.492 e. The van der Waals surface area contributed by atoms with Gasteiger partial charge in [-0.25, -0.2) is 14.8 Å². The Morgan fingerprint density at radius 3 is 2.66 bits per heavy atom. The van der Waals surface area contributed by atoms with Crippen molar-refractivity contribution >= 4 is 17.2 Å². The minimum absolute atomic E-state index is 0.226. The molecule has 2 heterocycles. The van der Waals surface area contributed by atoms with E-state index in [9.17, 15) is 4.79 Å². The van der Waals surface area contributed by atoms with Gasteiger partial charge in [-0.15, -0.1) is 0 Å². The maximum atomic E-state index is 11.9. The Morgan fingerprint density at radius 1 is 1.19 bits per heavy atom. The van der Waals surface area contributed by atoms with Crippen molar-refractivity contribution in [2.75, 3.05) is 13.2 Å². The molecule has 8 heteroatoms. The van der Waals surface area contributed by atoms with E-state index in [1.165, 1.54) is 12.8 Å². The minimum atomic E-state index is -0.543. The van der Waals surface area contributed by atoms with E-state index in [0.717, 1.165) is 12.4 Å². The van der Waals surface area contributed by atoms with Crippen molar-refractivity contribution in [3.63, 3.8) is 0 Å². The van der Waals surface area contributed by atoms with Crippen LogP contribution < -0.4 is 14.8 Å². The molecule has 1 saturated carbocycles. The normalized spacial score (nSPS) is 14.8. The SMILES string of the molecule is C[C@@H](COc1ccc2nc(-c3ccc(OCC4CC4)cn3)oc2c1)NC(=O)OC(C)(C)C. The van der Waals surface area contributed by atoms with Crippen molar-refractivity contribution in [2.45, 2.75) is 52.2 Å². The molecule has 0 aliphatic heterocycles. The lowest BCUT2D eigenvalue weighted by Gasteiger charge is -2.22. The van der Waals surface area contributed by atoms with Gasteiger partial charge in [0.05, 0.1) is 18.8 Å². The molecule has 1 aromatic carbocycles. The number of alkyl carbamates (subject to hydrolysis) is 1. The summed E-state index contributed by atoms with van der Waals surface area (Å²) in [5.41, 5.74) is 1.40. The molecule has 3 aromatic rings. The van der Waals surface area contributed by atoms with Gasteiger partial charge in [0.15, 0.2) is 5.58 Å². The number of carbonyl (C=O) groups excluding carboxylic acids is 1. The lowest BCUT2D eigenvalue weighted by molar-refractivity contribution is 0.0494. The molecule has 170 valence electrons. The zero-order valence-corrected chi connectivity index (χ0v) is 18.9. The Bertz CT molecular complexity index is 1070. The van der Waals surface area contributed by atoms with Crippen LogP contribution in [0.1, 0.15) is 40.5 Å². The third-order valence-electron chi connectivity index (χ3n) is 4.76. The van der Waals surface area contributed by atoms with Gasteiger partial charge in [0, 0.05) is 6.07 Å². The van der Waals surface area contributed by atoms with Crippen molar-refractivity contribution in [1.29, 1.82) is 0 Å². The summed E-state index contributed by atoms with van der Waals surface area (Å²) in [7, 11) is 0. The zero-order valence-electron chi connectivity index (χ0n) is 18.9. The van der Waals surface area contributed by atoms with Crippen LogP contribution in [0, 0.1) is 5.92 Å².